The molecule has 0 radical (unpaired) electrons. The Hall–Kier alpha value is -3.47. The van der Waals surface area contributed by atoms with E-state index in [0.29, 0.717) is 19.0 Å². The summed E-state index contributed by atoms with van der Waals surface area (Å²) in [5, 5.41) is 3.89. The largest absolute Gasteiger partial charge is 0.473 e. The van der Waals surface area contributed by atoms with Crippen molar-refractivity contribution in [1.29, 1.82) is 0 Å². The lowest BCUT2D eigenvalue weighted by molar-refractivity contribution is 0.0269. The molecule has 1 unspecified atom stereocenters. The van der Waals surface area contributed by atoms with E-state index in [4.69, 9.17) is 14.2 Å². The van der Waals surface area contributed by atoms with Crippen molar-refractivity contribution in [2.75, 3.05) is 18.1 Å². The Balaban J connectivity index is 1.32. The smallest absolute Gasteiger partial charge is 0.352 e. The predicted molar refractivity (Wildman–Crippen MR) is 104 cm³/mol. The number of hydrogen-bond acceptors (Lipinski definition) is 7. The summed E-state index contributed by atoms with van der Waals surface area (Å²) in [6.45, 7) is 1.66. The second-order valence-electron chi connectivity index (χ2n) is 7.35. The second-order valence-corrected chi connectivity index (χ2v) is 7.35. The van der Waals surface area contributed by atoms with Crippen molar-refractivity contribution in [1.82, 2.24) is 19.3 Å². The maximum Gasteiger partial charge on any atom is 0.352 e. The van der Waals surface area contributed by atoms with Crippen molar-refractivity contribution in [3.8, 4) is 17.4 Å². The molecule has 4 heterocycles. The lowest BCUT2D eigenvalue weighted by Crippen LogP contribution is -2.40. The monoisotopic (exact) mass is 431 g/mol. The van der Waals surface area contributed by atoms with Crippen LogP contribution in [0.4, 0.5) is 14.6 Å². The van der Waals surface area contributed by atoms with Crippen molar-refractivity contribution in [3.05, 3.63) is 58.3 Å². The van der Waals surface area contributed by atoms with Crippen molar-refractivity contribution >= 4 is 5.82 Å². The van der Waals surface area contributed by atoms with Crippen LogP contribution in [-0.4, -0.2) is 38.7 Å². The maximum absolute atomic E-state index is 14.4. The summed E-state index contributed by atoms with van der Waals surface area (Å²) in [5.41, 5.74) is -0.224. The lowest BCUT2D eigenvalue weighted by Gasteiger charge is -2.30. The predicted octanol–water partition coefficient (Wildman–Crippen LogP) is 2.19. The first-order chi connectivity index (χ1) is 15.0. The first kappa shape index (κ1) is 19.5. The van der Waals surface area contributed by atoms with E-state index >= 15 is 0 Å². The summed E-state index contributed by atoms with van der Waals surface area (Å²) >= 11 is 0. The second kappa shape index (κ2) is 7.65. The molecular weight excluding hydrogens is 412 g/mol. The molecule has 1 saturated heterocycles. The molecule has 31 heavy (non-hydrogen) atoms. The Morgan fingerprint density at radius 3 is 2.81 bits per heavy atom. The van der Waals surface area contributed by atoms with E-state index in [9.17, 15) is 13.6 Å². The first-order valence-electron chi connectivity index (χ1n) is 9.75. The van der Waals surface area contributed by atoms with Crippen LogP contribution in [0.3, 0.4) is 0 Å². The molecule has 0 saturated carbocycles. The molecular formula is C20H19F2N5O4. The quantitative estimate of drug-likeness (QED) is 0.612. The molecule has 9 nitrogen and oxygen atoms in total. The number of rotatable bonds is 5. The standard InChI is InChI=1S/C20H19F2N5O4/c1-25-9-13(8-23-25)31-19-14(21)5-12(6-15(19)22)11-30-16-7-17-26-3-2-4-29-18(26)10-27(17)20(28)24-16/h5-9,18H,2-4,10-11H2,1H3. The maximum atomic E-state index is 14.4. The average molecular weight is 431 g/mol. The van der Waals surface area contributed by atoms with Crippen LogP contribution in [0, 0.1) is 11.6 Å². The number of aromatic nitrogens is 4. The van der Waals surface area contributed by atoms with Crippen LogP contribution in [0.5, 0.6) is 17.4 Å². The van der Waals surface area contributed by atoms with Gasteiger partial charge in [0.2, 0.25) is 5.88 Å². The van der Waals surface area contributed by atoms with Crippen molar-refractivity contribution in [2.45, 2.75) is 25.8 Å². The molecule has 1 fully saturated rings. The van der Waals surface area contributed by atoms with Gasteiger partial charge in [-0.05, 0) is 24.1 Å². The number of aryl methyl sites for hydroxylation is 1. The van der Waals surface area contributed by atoms with Gasteiger partial charge in [-0.25, -0.2) is 13.6 Å². The fraction of sp³-hybridized carbons (Fsp3) is 0.350. The lowest BCUT2D eigenvalue weighted by atomic mass is 10.2. The molecule has 0 amide bonds. The number of anilines is 1. The molecule has 0 N–H and O–H groups in total. The van der Waals surface area contributed by atoms with E-state index < -0.39 is 23.1 Å². The van der Waals surface area contributed by atoms with Gasteiger partial charge in [-0.15, -0.1) is 0 Å². The molecule has 11 heteroatoms. The minimum atomic E-state index is -0.877. The highest BCUT2D eigenvalue weighted by molar-refractivity contribution is 5.46. The SMILES string of the molecule is Cn1cc(Oc2c(F)cc(COc3cc4n(c(=O)n3)CC3OCCCN43)cc2F)cn1. The molecule has 0 bridgehead atoms. The van der Waals surface area contributed by atoms with Crippen LogP contribution in [0.1, 0.15) is 12.0 Å². The number of halogens is 2. The minimum Gasteiger partial charge on any atom is -0.473 e. The average Bonchev–Trinajstić information content (AvgIpc) is 3.33. The van der Waals surface area contributed by atoms with Crippen molar-refractivity contribution < 1.29 is 23.0 Å². The normalized spacial score (nSPS) is 17.4. The zero-order valence-corrected chi connectivity index (χ0v) is 16.6. The van der Waals surface area contributed by atoms with Gasteiger partial charge in [0.15, 0.2) is 23.1 Å². The zero-order chi connectivity index (χ0) is 21.5. The van der Waals surface area contributed by atoms with Gasteiger partial charge in [-0.3, -0.25) is 9.25 Å². The van der Waals surface area contributed by atoms with E-state index in [-0.39, 0.29) is 30.0 Å². The van der Waals surface area contributed by atoms with E-state index in [1.54, 1.807) is 13.1 Å². The number of fused-ring (bicyclic) bond motifs is 3. The Morgan fingerprint density at radius 2 is 2.06 bits per heavy atom. The van der Waals surface area contributed by atoms with Gasteiger partial charge in [-0.1, -0.05) is 0 Å². The third kappa shape index (κ3) is 3.72. The molecule has 3 aromatic rings. The summed E-state index contributed by atoms with van der Waals surface area (Å²) in [7, 11) is 1.66. The highest BCUT2D eigenvalue weighted by Crippen LogP contribution is 2.31. The minimum absolute atomic E-state index is 0.0824. The van der Waals surface area contributed by atoms with Gasteiger partial charge in [0, 0.05) is 19.7 Å². The van der Waals surface area contributed by atoms with Crippen LogP contribution in [-0.2, 0) is 24.9 Å². The molecule has 1 atom stereocenters. The van der Waals surface area contributed by atoms with Crippen LogP contribution in [0.15, 0.2) is 35.4 Å². The Kier molecular flexibility index (Phi) is 4.81. The van der Waals surface area contributed by atoms with Gasteiger partial charge in [0.05, 0.1) is 25.5 Å². The number of hydrogen-bond donors (Lipinski definition) is 0. The first-order valence-corrected chi connectivity index (χ1v) is 9.75. The van der Waals surface area contributed by atoms with E-state index in [1.165, 1.54) is 21.6 Å². The summed E-state index contributed by atoms with van der Waals surface area (Å²) in [5.74, 6) is -1.32. The molecule has 162 valence electrons. The Bertz CT molecular complexity index is 1170. The third-order valence-electron chi connectivity index (χ3n) is 5.15. The van der Waals surface area contributed by atoms with Crippen LogP contribution in [0.2, 0.25) is 0 Å². The number of ether oxygens (including phenoxy) is 3. The summed E-state index contributed by atoms with van der Waals surface area (Å²) < 4.78 is 48.3. The Labute approximate surface area is 175 Å². The number of benzene rings is 1. The van der Waals surface area contributed by atoms with Crippen molar-refractivity contribution in [2.24, 2.45) is 7.05 Å². The summed E-state index contributed by atoms with van der Waals surface area (Å²) in [6.07, 6.45) is 3.52. The van der Waals surface area contributed by atoms with E-state index in [1.807, 2.05) is 4.90 Å². The van der Waals surface area contributed by atoms with Gasteiger partial charge >= 0.3 is 5.69 Å². The molecule has 2 aliphatic heterocycles. The molecule has 5 rings (SSSR count). The van der Waals surface area contributed by atoms with Gasteiger partial charge in [0.1, 0.15) is 18.7 Å². The van der Waals surface area contributed by atoms with Crippen molar-refractivity contribution in [3.63, 3.8) is 0 Å². The fourth-order valence-electron chi connectivity index (χ4n) is 3.73. The molecule has 0 spiro atoms. The highest BCUT2D eigenvalue weighted by atomic mass is 19.1. The Morgan fingerprint density at radius 1 is 1.26 bits per heavy atom. The topological polar surface area (TPSA) is 83.6 Å². The molecule has 1 aromatic carbocycles. The fourth-order valence-corrected chi connectivity index (χ4v) is 3.73. The molecule has 2 aliphatic rings. The summed E-state index contributed by atoms with van der Waals surface area (Å²) in [4.78, 5) is 18.3. The van der Waals surface area contributed by atoms with Gasteiger partial charge in [0.25, 0.3) is 0 Å². The van der Waals surface area contributed by atoms with Crippen LogP contribution >= 0.6 is 0 Å². The number of nitrogens with zero attached hydrogens (tertiary/aromatic N) is 5. The zero-order valence-electron chi connectivity index (χ0n) is 16.6. The van der Waals surface area contributed by atoms with E-state index in [2.05, 4.69) is 10.1 Å². The van der Waals surface area contributed by atoms with Crippen LogP contribution < -0.4 is 20.1 Å². The van der Waals surface area contributed by atoms with Gasteiger partial charge in [-0.2, -0.15) is 10.1 Å². The van der Waals surface area contributed by atoms with Crippen LogP contribution in [0.25, 0.3) is 0 Å². The molecule has 0 aliphatic carbocycles. The molecule has 2 aromatic heterocycles. The summed E-state index contributed by atoms with van der Waals surface area (Å²) in [6, 6.07) is 3.87. The third-order valence-corrected chi connectivity index (χ3v) is 5.15. The van der Waals surface area contributed by atoms with Gasteiger partial charge < -0.3 is 19.1 Å². The highest BCUT2D eigenvalue weighted by Gasteiger charge is 2.33. The van der Waals surface area contributed by atoms with E-state index in [0.717, 1.165) is 25.1 Å².